The number of imidazole rings is 1. The van der Waals surface area contributed by atoms with Gasteiger partial charge in [-0.3, -0.25) is 24.5 Å². The minimum absolute atomic E-state index is 0.252. The first-order chi connectivity index (χ1) is 15.9. The molecule has 1 aliphatic rings. The van der Waals surface area contributed by atoms with Gasteiger partial charge in [0.2, 0.25) is 11.9 Å². The van der Waals surface area contributed by atoms with E-state index in [0.717, 1.165) is 36.3 Å². The van der Waals surface area contributed by atoms with Crippen molar-refractivity contribution < 1.29 is 14.3 Å². The third-order valence-electron chi connectivity index (χ3n) is 5.86. The Kier molecular flexibility index (Phi) is 6.75. The minimum atomic E-state index is -0.501. The van der Waals surface area contributed by atoms with Crippen LogP contribution in [0.4, 0.5) is 5.95 Å². The lowest BCUT2D eigenvalue weighted by atomic mass is 10.1. The molecule has 0 spiro atoms. The molecule has 10 nitrogen and oxygen atoms in total. The summed E-state index contributed by atoms with van der Waals surface area (Å²) in [5.74, 6) is -0.302. The maximum atomic E-state index is 13.1. The van der Waals surface area contributed by atoms with Gasteiger partial charge in [-0.1, -0.05) is 13.8 Å². The van der Waals surface area contributed by atoms with E-state index in [-0.39, 0.29) is 5.91 Å². The molecule has 3 heterocycles. The number of hydrogen-bond donors (Lipinski definition) is 2. The Labute approximate surface area is 192 Å². The zero-order valence-corrected chi connectivity index (χ0v) is 19.4. The second-order valence-electron chi connectivity index (χ2n) is 8.31. The number of ether oxygens (including phenoxy) is 1. The molecular weight excluding hydrogens is 422 g/mol. The third kappa shape index (κ3) is 4.76. The van der Waals surface area contributed by atoms with Crippen LogP contribution in [0.15, 0.2) is 18.3 Å². The zero-order chi connectivity index (χ0) is 23.5. The number of benzene rings is 1. The summed E-state index contributed by atoms with van der Waals surface area (Å²) >= 11 is 0. The predicted octanol–water partition coefficient (Wildman–Crippen LogP) is 1.93. The summed E-state index contributed by atoms with van der Waals surface area (Å²) < 4.78 is 9.14. The molecule has 0 atom stereocenters. The fourth-order valence-corrected chi connectivity index (χ4v) is 4.31. The van der Waals surface area contributed by atoms with Gasteiger partial charge in [-0.25, -0.2) is 4.98 Å². The first-order valence-electron chi connectivity index (χ1n) is 11.4. The van der Waals surface area contributed by atoms with Crippen LogP contribution in [-0.4, -0.2) is 62.3 Å². The van der Waals surface area contributed by atoms with Gasteiger partial charge >= 0.3 is 0 Å². The topological polar surface area (TPSA) is 120 Å². The summed E-state index contributed by atoms with van der Waals surface area (Å²) in [6.07, 6.45) is 3.23. The van der Waals surface area contributed by atoms with Crippen molar-refractivity contribution in [2.24, 2.45) is 12.8 Å². The summed E-state index contributed by atoms with van der Waals surface area (Å²) in [5, 5.41) is 7.34. The first-order valence-corrected chi connectivity index (χ1v) is 11.4. The third-order valence-corrected chi connectivity index (χ3v) is 5.86. The van der Waals surface area contributed by atoms with Gasteiger partial charge < -0.3 is 15.0 Å². The van der Waals surface area contributed by atoms with Gasteiger partial charge in [-0.2, -0.15) is 5.10 Å². The van der Waals surface area contributed by atoms with Crippen LogP contribution in [-0.2, 0) is 31.3 Å². The number of nitrogens with one attached hydrogen (secondary N) is 1. The molecular formula is C23H31N7O3. The Morgan fingerprint density at radius 1 is 1.21 bits per heavy atom. The molecule has 2 aromatic heterocycles. The van der Waals surface area contributed by atoms with Crippen LogP contribution >= 0.6 is 0 Å². The number of amides is 2. The van der Waals surface area contributed by atoms with E-state index < -0.39 is 5.91 Å². The highest BCUT2D eigenvalue weighted by Gasteiger charge is 2.22. The second kappa shape index (κ2) is 9.72. The van der Waals surface area contributed by atoms with E-state index in [1.165, 1.54) is 0 Å². The Balaban J connectivity index is 1.77. The van der Waals surface area contributed by atoms with Crippen LogP contribution in [0, 0.1) is 0 Å². The van der Waals surface area contributed by atoms with Crippen LogP contribution in [0.25, 0.3) is 11.0 Å². The van der Waals surface area contributed by atoms with Crippen molar-refractivity contribution in [1.29, 1.82) is 0 Å². The molecule has 0 unspecified atom stereocenters. The molecule has 0 aliphatic carbocycles. The van der Waals surface area contributed by atoms with Gasteiger partial charge in [0.15, 0.2) is 0 Å². The zero-order valence-electron chi connectivity index (χ0n) is 19.4. The van der Waals surface area contributed by atoms with Crippen molar-refractivity contribution in [2.75, 3.05) is 31.6 Å². The summed E-state index contributed by atoms with van der Waals surface area (Å²) in [6.45, 7) is 8.35. The van der Waals surface area contributed by atoms with Gasteiger partial charge in [0.05, 0.1) is 35.5 Å². The first kappa shape index (κ1) is 22.9. The average Bonchev–Trinajstić information content (AvgIpc) is 3.34. The van der Waals surface area contributed by atoms with Crippen molar-refractivity contribution in [1.82, 2.24) is 24.2 Å². The van der Waals surface area contributed by atoms with Crippen molar-refractivity contribution in [3.63, 3.8) is 0 Å². The lowest BCUT2D eigenvalue weighted by molar-refractivity contribution is 0.0343. The maximum absolute atomic E-state index is 13.1. The molecule has 10 heteroatoms. The predicted molar refractivity (Wildman–Crippen MR) is 125 cm³/mol. The highest BCUT2D eigenvalue weighted by molar-refractivity contribution is 6.05. The Morgan fingerprint density at radius 2 is 1.97 bits per heavy atom. The van der Waals surface area contributed by atoms with Gasteiger partial charge in [0, 0.05) is 45.0 Å². The van der Waals surface area contributed by atoms with E-state index in [9.17, 15) is 9.59 Å². The number of primary amides is 1. The largest absolute Gasteiger partial charge is 0.379 e. The van der Waals surface area contributed by atoms with E-state index in [1.54, 1.807) is 24.0 Å². The van der Waals surface area contributed by atoms with E-state index in [4.69, 9.17) is 15.5 Å². The van der Waals surface area contributed by atoms with Crippen molar-refractivity contribution in [3.05, 3.63) is 40.7 Å². The smallest absolute Gasteiger partial charge is 0.261 e. The lowest BCUT2D eigenvalue weighted by Gasteiger charge is -2.27. The number of hydrogen-bond acceptors (Lipinski definition) is 6. The molecule has 0 saturated carbocycles. The molecule has 3 N–H and O–H groups in total. The summed E-state index contributed by atoms with van der Waals surface area (Å²) in [7, 11) is 1.80. The van der Waals surface area contributed by atoms with Crippen LogP contribution in [0.3, 0.4) is 0 Å². The van der Waals surface area contributed by atoms with E-state index in [0.29, 0.717) is 55.3 Å². The van der Waals surface area contributed by atoms with Crippen molar-refractivity contribution in [3.8, 4) is 0 Å². The van der Waals surface area contributed by atoms with Gasteiger partial charge in [0.1, 0.15) is 0 Å². The number of rotatable bonds is 8. The number of morpholine rings is 1. The number of nitrogens with zero attached hydrogens (tertiary/aromatic N) is 5. The highest BCUT2D eigenvalue weighted by atomic mass is 16.5. The Morgan fingerprint density at radius 3 is 2.64 bits per heavy atom. The summed E-state index contributed by atoms with van der Waals surface area (Å²) in [5.41, 5.74) is 9.79. The fraction of sp³-hybridized carbons (Fsp3) is 0.478. The van der Waals surface area contributed by atoms with E-state index >= 15 is 0 Å². The van der Waals surface area contributed by atoms with Crippen molar-refractivity contribution in [2.45, 2.75) is 39.8 Å². The molecule has 2 amide bonds. The number of carbonyl (C=O) groups is 2. The molecule has 0 bridgehead atoms. The Hall–Kier alpha value is -3.24. The quantitative estimate of drug-likeness (QED) is 0.538. The summed E-state index contributed by atoms with van der Waals surface area (Å²) in [6, 6.07) is 3.54. The van der Waals surface area contributed by atoms with Gasteiger partial charge in [-0.15, -0.1) is 0 Å². The molecule has 1 fully saturated rings. The lowest BCUT2D eigenvalue weighted by Crippen LogP contribution is -2.35. The van der Waals surface area contributed by atoms with Crippen LogP contribution in [0.1, 0.15) is 52.2 Å². The molecule has 1 aromatic carbocycles. The molecule has 176 valence electrons. The van der Waals surface area contributed by atoms with Crippen LogP contribution in [0.5, 0.6) is 0 Å². The van der Waals surface area contributed by atoms with Gasteiger partial charge in [0.25, 0.3) is 5.91 Å². The standard InChI is InChI=1S/C23H31N7O3/c1-4-6-30-20-16(13-29-7-9-33-10-8-29)11-15(21(24)31)12-19(20)25-23(30)26-22(32)17-14-28(3)27-18(17)5-2/h11-12,14H,4-10,13H2,1-3H3,(H2,24,31)(H,25,26,32). The molecule has 33 heavy (non-hydrogen) atoms. The van der Waals surface area contributed by atoms with E-state index in [1.807, 2.05) is 17.6 Å². The molecule has 1 aliphatic heterocycles. The summed E-state index contributed by atoms with van der Waals surface area (Å²) in [4.78, 5) is 32.1. The molecule has 0 radical (unpaired) electrons. The monoisotopic (exact) mass is 453 g/mol. The number of fused-ring (bicyclic) bond motifs is 1. The maximum Gasteiger partial charge on any atom is 0.261 e. The molecule has 4 rings (SSSR count). The fourth-order valence-electron chi connectivity index (χ4n) is 4.31. The number of anilines is 1. The Bertz CT molecular complexity index is 1170. The number of aromatic nitrogens is 4. The average molecular weight is 454 g/mol. The van der Waals surface area contributed by atoms with E-state index in [2.05, 4.69) is 22.2 Å². The van der Waals surface area contributed by atoms with Crippen LogP contribution < -0.4 is 11.1 Å². The second-order valence-corrected chi connectivity index (χ2v) is 8.31. The molecule has 1 saturated heterocycles. The van der Waals surface area contributed by atoms with Gasteiger partial charge in [-0.05, 0) is 30.5 Å². The van der Waals surface area contributed by atoms with Crippen LogP contribution in [0.2, 0.25) is 0 Å². The highest BCUT2D eigenvalue weighted by Crippen LogP contribution is 2.28. The SMILES string of the molecule is CCCn1c(NC(=O)c2cn(C)nc2CC)nc2cc(C(N)=O)cc(CN3CCOCC3)c21. The number of nitrogens with two attached hydrogens (primary N) is 1. The minimum Gasteiger partial charge on any atom is -0.379 e. The normalized spacial score (nSPS) is 14.6. The number of aryl methyl sites for hydroxylation is 3. The molecule has 3 aromatic rings. The van der Waals surface area contributed by atoms with Crippen molar-refractivity contribution >= 4 is 28.8 Å². The number of carbonyl (C=O) groups excluding carboxylic acids is 2.